The first-order valence-electron chi connectivity index (χ1n) is 7.12. The van der Waals surface area contributed by atoms with Gasteiger partial charge in [-0.1, -0.05) is 19.3 Å². The van der Waals surface area contributed by atoms with Crippen LogP contribution in [0.3, 0.4) is 0 Å². The van der Waals surface area contributed by atoms with Gasteiger partial charge >= 0.3 is 12.1 Å². The van der Waals surface area contributed by atoms with Crippen LogP contribution in [-0.2, 0) is 30.1 Å². The van der Waals surface area contributed by atoms with Crippen molar-refractivity contribution in [1.29, 1.82) is 0 Å². The maximum absolute atomic E-state index is 11.8. The van der Waals surface area contributed by atoms with Crippen molar-refractivity contribution in [1.82, 2.24) is 5.32 Å². The lowest BCUT2D eigenvalue weighted by Crippen LogP contribution is -2.35. The summed E-state index contributed by atoms with van der Waals surface area (Å²) in [7, 11) is 0. The summed E-state index contributed by atoms with van der Waals surface area (Å²) in [6, 6.07) is 0. The molecule has 0 aromatic rings. The van der Waals surface area contributed by atoms with Crippen molar-refractivity contribution in [2.75, 3.05) is 12.3 Å². The number of Topliss-reactive ketones (excluding diaryl/α,β-unsaturated/α-hetero) is 1. The fourth-order valence-electron chi connectivity index (χ4n) is 2.17. The van der Waals surface area contributed by atoms with Crippen molar-refractivity contribution >= 4 is 28.9 Å². The maximum atomic E-state index is 11.8. The minimum Gasteiger partial charge on any atom is -0.425 e. The Bertz CT molecular complexity index is 434. The lowest BCUT2D eigenvalue weighted by Gasteiger charge is -2.22. The van der Waals surface area contributed by atoms with Crippen LogP contribution in [0.4, 0.5) is 4.79 Å². The monoisotopic (exact) mass is 335 g/mol. The number of carbonyl (C=O) groups excluding carboxylic acids is 3. The Labute approximate surface area is 131 Å². The number of hydrogen-bond donors (Lipinski definition) is 2. The van der Waals surface area contributed by atoms with E-state index < -0.39 is 41.5 Å². The van der Waals surface area contributed by atoms with E-state index >= 15 is 0 Å². The van der Waals surface area contributed by atoms with Gasteiger partial charge in [0, 0.05) is 6.92 Å². The molecule has 1 aliphatic carbocycles. The second kappa shape index (κ2) is 9.52. The van der Waals surface area contributed by atoms with Crippen LogP contribution in [0.5, 0.6) is 0 Å². The van der Waals surface area contributed by atoms with Gasteiger partial charge in [0.2, 0.25) is 6.29 Å². The third-order valence-electron chi connectivity index (χ3n) is 3.21. The van der Waals surface area contributed by atoms with Gasteiger partial charge in [-0.3, -0.25) is 9.59 Å². The van der Waals surface area contributed by atoms with E-state index in [0.29, 0.717) is 0 Å². The molecule has 0 aliphatic heterocycles. The van der Waals surface area contributed by atoms with Crippen molar-refractivity contribution < 1.29 is 32.6 Å². The predicted molar refractivity (Wildman–Crippen MR) is 77.3 cm³/mol. The van der Waals surface area contributed by atoms with Gasteiger partial charge in [-0.15, -0.1) is 0 Å². The van der Waals surface area contributed by atoms with Crippen LogP contribution < -0.4 is 5.32 Å². The van der Waals surface area contributed by atoms with E-state index in [2.05, 4.69) is 5.32 Å². The highest BCUT2D eigenvalue weighted by molar-refractivity contribution is 7.80. The molecule has 8 nitrogen and oxygen atoms in total. The number of esters is 1. The lowest BCUT2D eigenvalue weighted by atomic mass is 9.89. The van der Waals surface area contributed by atoms with Crippen LogP contribution >= 0.6 is 0 Å². The number of nitrogens with one attached hydrogen (secondary N) is 1. The van der Waals surface area contributed by atoms with Gasteiger partial charge in [-0.05, 0) is 12.8 Å². The summed E-state index contributed by atoms with van der Waals surface area (Å²) in [5.74, 6) is -1.70. The van der Waals surface area contributed by atoms with Crippen LogP contribution in [-0.4, -0.2) is 45.2 Å². The van der Waals surface area contributed by atoms with E-state index in [1.807, 2.05) is 0 Å². The molecular formula is C13H21NO7S. The normalized spacial score (nSPS) is 18.1. The summed E-state index contributed by atoms with van der Waals surface area (Å²) < 4.78 is 28.7. The highest BCUT2D eigenvalue weighted by atomic mass is 32.2. The molecule has 1 rings (SSSR count). The Kier molecular flexibility index (Phi) is 8.03. The molecule has 0 bridgehead atoms. The SMILES string of the molecule is CC(OC(=O)NCC(=O)CS(=O)O)OC(=O)C1CCCCC1. The van der Waals surface area contributed by atoms with Crippen LogP contribution in [0, 0.1) is 5.92 Å². The molecule has 22 heavy (non-hydrogen) atoms. The van der Waals surface area contributed by atoms with Crippen molar-refractivity contribution in [2.24, 2.45) is 5.92 Å². The maximum Gasteiger partial charge on any atom is 0.410 e. The molecule has 1 fully saturated rings. The summed E-state index contributed by atoms with van der Waals surface area (Å²) in [6.45, 7) is 0.985. The Balaban J connectivity index is 2.24. The highest BCUT2D eigenvalue weighted by Gasteiger charge is 2.25. The Morgan fingerprint density at radius 1 is 1.23 bits per heavy atom. The molecule has 1 amide bonds. The molecule has 2 unspecified atom stereocenters. The standard InChI is InChI=1S/C13H21NO7S/c1-9(20-12(16)10-5-3-2-4-6-10)21-13(17)14-7-11(15)8-22(18)19/h9-10H,2-8H2,1H3,(H,14,17)(H,18,19). The number of hydrogen-bond acceptors (Lipinski definition) is 6. The largest absolute Gasteiger partial charge is 0.425 e. The van der Waals surface area contributed by atoms with Gasteiger partial charge in [0.15, 0.2) is 16.9 Å². The fourth-order valence-corrected chi connectivity index (χ4v) is 2.55. The quantitative estimate of drug-likeness (QED) is 0.404. The van der Waals surface area contributed by atoms with E-state index in [-0.39, 0.29) is 11.9 Å². The molecule has 9 heteroatoms. The van der Waals surface area contributed by atoms with Crippen LogP contribution in [0.25, 0.3) is 0 Å². The molecule has 0 aromatic carbocycles. The number of carbonyl (C=O) groups is 3. The van der Waals surface area contributed by atoms with Crippen molar-refractivity contribution in [3.05, 3.63) is 0 Å². The van der Waals surface area contributed by atoms with Crippen LogP contribution in [0.15, 0.2) is 0 Å². The predicted octanol–water partition coefficient (Wildman–Crippen LogP) is 0.973. The zero-order valence-electron chi connectivity index (χ0n) is 12.4. The van der Waals surface area contributed by atoms with Crippen LogP contribution in [0.1, 0.15) is 39.0 Å². The summed E-state index contributed by atoms with van der Waals surface area (Å²) in [4.78, 5) is 34.3. The van der Waals surface area contributed by atoms with E-state index in [0.717, 1.165) is 32.1 Å². The minimum absolute atomic E-state index is 0.149. The zero-order chi connectivity index (χ0) is 16.5. The van der Waals surface area contributed by atoms with E-state index in [1.54, 1.807) is 0 Å². The Morgan fingerprint density at radius 2 is 1.86 bits per heavy atom. The van der Waals surface area contributed by atoms with Gasteiger partial charge < -0.3 is 19.3 Å². The second-order valence-electron chi connectivity index (χ2n) is 5.10. The third-order valence-corrected chi connectivity index (χ3v) is 3.78. The third kappa shape index (κ3) is 7.51. The molecule has 2 atom stereocenters. The number of rotatable bonds is 7. The van der Waals surface area contributed by atoms with Gasteiger partial charge in [-0.25, -0.2) is 9.00 Å². The first kappa shape index (κ1) is 18.6. The number of amides is 1. The molecule has 0 saturated heterocycles. The summed E-state index contributed by atoms with van der Waals surface area (Å²) in [6.07, 6.45) is 2.67. The molecule has 0 spiro atoms. The first-order valence-corrected chi connectivity index (χ1v) is 8.40. The van der Waals surface area contributed by atoms with E-state index in [9.17, 15) is 18.6 Å². The van der Waals surface area contributed by atoms with Gasteiger partial charge in [0.05, 0.1) is 12.5 Å². The Hall–Kier alpha value is -1.48. The summed E-state index contributed by atoms with van der Waals surface area (Å²) in [5, 5.41) is 2.12. The van der Waals surface area contributed by atoms with E-state index in [4.69, 9.17) is 14.0 Å². The summed E-state index contributed by atoms with van der Waals surface area (Å²) in [5.41, 5.74) is 0. The smallest absolute Gasteiger partial charge is 0.410 e. The molecular weight excluding hydrogens is 314 g/mol. The van der Waals surface area contributed by atoms with E-state index in [1.165, 1.54) is 6.92 Å². The average Bonchev–Trinajstić information content (AvgIpc) is 2.45. The van der Waals surface area contributed by atoms with Gasteiger partial charge in [0.1, 0.15) is 5.75 Å². The van der Waals surface area contributed by atoms with Crippen LogP contribution in [0.2, 0.25) is 0 Å². The van der Waals surface area contributed by atoms with Crippen molar-refractivity contribution in [2.45, 2.75) is 45.3 Å². The zero-order valence-corrected chi connectivity index (χ0v) is 13.2. The first-order chi connectivity index (χ1) is 10.4. The number of alkyl carbamates (subject to hydrolysis) is 1. The fraction of sp³-hybridized carbons (Fsp3) is 0.769. The molecule has 1 aliphatic rings. The number of ketones is 1. The van der Waals surface area contributed by atoms with Gasteiger partial charge in [-0.2, -0.15) is 0 Å². The minimum atomic E-state index is -2.24. The molecule has 2 N–H and O–H groups in total. The average molecular weight is 335 g/mol. The Morgan fingerprint density at radius 3 is 2.45 bits per heavy atom. The molecule has 1 saturated carbocycles. The molecule has 126 valence electrons. The molecule has 0 heterocycles. The lowest BCUT2D eigenvalue weighted by molar-refractivity contribution is -0.171. The van der Waals surface area contributed by atoms with Gasteiger partial charge in [0.25, 0.3) is 0 Å². The molecule has 0 radical (unpaired) electrons. The van der Waals surface area contributed by atoms with Crippen molar-refractivity contribution in [3.63, 3.8) is 0 Å². The number of ether oxygens (including phenoxy) is 2. The summed E-state index contributed by atoms with van der Waals surface area (Å²) >= 11 is -2.24. The topological polar surface area (TPSA) is 119 Å². The molecule has 0 aromatic heterocycles. The second-order valence-corrected chi connectivity index (χ2v) is 6.03. The van der Waals surface area contributed by atoms with Crippen molar-refractivity contribution in [3.8, 4) is 0 Å². The highest BCUT2D eigenvalue weighted by Crippen LogP contribution is 2.25.